The van der Waals surface area contributed by atoms with E-state index >= 15 is 0 Å². The van der Waals surface area contributed by atoms with Crippen molar-refractivity contribution in [2.24, 2.45) is 11.7 Å². The van der Waals surface area contributed by atoms with Crippen LogP contribution >= 0.6 is 0 Å². The van der Waals surface area contributed by atoms with Gasteiger partial charge in [-0.15, -0.1) is 0 Å². The Labute approximate surface area is 121 Å². The Balaban J connectivity index is 1.99. The minimum absolute atomic E-state index is 0.195. The minimum atomic E-state index is -0.242. The van der Waals surface area contributed by atoms with Gasteiger partial charge >= 0.3 is 0 Å². The second-order valence-electron chi connectivity index (χ2n) is 6.01. The summed E-state index contributed by atoms with van der Waals surface area (Å²) >= 11 is 0. The maximum absolute atomic E-state index is 11.5. The largest absolute Gasteiger partial charge is 0.368 e. The third-order valence-corrected chi connectivity index (χ3v) is 3.74. The molecule has 4 nitrogen and oxygen atoms in total. The predicted molar refractivity (Wildman–Crippen MR) is 81.2 cm³/mol. The van der Waals surface area contributed by atoms with Crippen molar-refractivity contribution >= 4 is 5.91 Å². The van der Waals surface area contributed by atoms with Crippen LogP contribution in [0.2, 0.25) is 0 Å². The molecule has 1 aromatic rings. The number of primary amides is 1. The Morgan fingerprint density at radius 1 is 1.35 bits per heavy atom. The minimum Gasteiger partial charge on any atom is -0.368 e. The molecule has 1 unspecified atom stereocenters. The molecule has 1 fully saturated rings. The molecule has 1 atom stereocenters. The molecule has 2 rings (SSSR count). The van der Waals surface area contributed by atoms with E-state index in [0.29, 0.717) is 12.5 Å². The van der Waals surface area contributed by atoms with Crippen LogP contribution in [0.15, 0.2) is 24.3 Å². The van der Waals surface area contributed by atoms with Gasteiger partial charge in [0.05, 0.1) is 0 Å². The molecular weight excluding hydrogens is 250 g/mol. The monoisotopic (exact) mass is 275 g/mol. The van der Waals surface area contributed by atoms with Gasteiger partial charge in [0.15, 0.2) is 0 Å². The lowest BCUT2D eigenvalue weighted by atomic mass is 10.0. The van der Waals surface area contributed by atoms with Crippen LogP contribution in [0.3, 0.4) is 0 Å². The van der Waals surface area contributed by atoms with Crippen LogP contribution in [0.5, 0.6) is 0 Å². The van der Waals surface area contributed by atoms with Gasteiger partial charge in [0, 0.05) is 26.2 Å². The third-order valence-electron chi connectivity index (χ3n) is 3.74. The number of benzene rings is 1. The highest BCUT2D eigenvalue weighted by molar-refractivity contribution is 5.80. The average molecular weight is 275 g/mol. The van der Waals surface area contributed by atoms with Gasteiger partial charge < -0.3 is 11.1 Å². The average Bonchev–Trinajstić information content (AvgIpc) is 2.41. The zero-order chi connectivity index (χ0) is 14.5. The highest BCUT2D eigenvalue weighted by Crippen LogP contribution is 2.13. The second kappa shape index (κ2) is 6.86. The smallest absolute Gasteiger partial charge is 0.236 e. The topological polar surface area (TPSA) is 58.4 Å². The summed E-state index contributed by atoms with van der Waals surface area (Å²) in [5, 5.41) is 3.22. The van der Waals surface area contributed by atoms with E-state index in [1.807, 2.05) is 0 Å². The van der Waals surface area contributed by atoms with Crippen molar-refractivity contribution in [3.05, 3.63) is 35.4 Å². The first-order chi connectivity index (χ1) is 9.56. The Hall–Kier alpha value is -1.39. The van der Waals surface area contributed by atoms with Crippen molar-refractivity contribution in [1.29, 1.82) is 0 Å². The number of nitrogens with one attached hydrogen (secondary N) is 1. The molecule has 0 bridgehead atoms. The molecule has 0 spiro atoms. The summed E-state index contributed by atoms with van der Waals surface area (Å²) in [4.78, 5) is 13.6. The summed E-state index contributed by atoms with van der Waals surface area (Å²) < 4.78 is 0. The van der Waals surface area contributed by atoms with Crippen molar-refractivity contribution in [2.75, 3.05) is 19.6 Å². The first-order valence-corrected chi connectivity index (χ1v) is 7.38. The summed E-state index contributed by atoms with van der Waals surface area (Å²) in [7, 11) is 0. The predicted octanol–water partition coefficient (Wildman–Crippen LogP) is 1.14. The molecular formula is C16H25N3O. The quantitative estimate of drug-likeness (QED) is 0.847. The second-order valence-corrected chi connectivity index (χ2v) is 6.01. The van der Waals surface area contributed by atoms with Crippen LogP contribution in [0, 0.1) is 5.92 Å². The summed E-state index contributed by atoms with van der Waals surface area (Å²) in [5.41, 5.74) is 8.08. The summed E-state index contributed by atoms with van der Waals surface area (Å²) in [6.45, 7) is 7.67. The van der Waals surface area contributed by atoms with Crippen LogP contribution in [-0.4, -0.2) is 36.5 Å². The number of piperazine rings is 1. The van der Waals surface area contributed by atoms with Crippen molar-refractivity contribution < 1.29 is 4.79 Å². The van der Waals surface area contributed by atoms with E-state index in [0.717, 1.165) is 26.1 Å². The van der Waals surface area contributed by atoms with Gasteiger partial charge in [-0.2, -0.15) is 0 Å². The fourth-order valence-corrected chi connectivity index (χ4v) is 2.70. The third kappa shape index (κ3) is 4.05. The lowest BCUT2D eigenvalue weighted by Gasteiger charge is -2.34. The SMILES string of the molecule is CC(C)Cc1ccc(CN2CCNCC2C(N)=O)cc1. The maximum atomic E-state index is 11.5. The van der Waals surface area contributed by atoms with Crippen LogP contribution in [0.25, 0.3) is 0 Å². The van der Waals surface area contributed by atoms with Gasteiger partial charge in [-0.25, -0.2) is 0 Å². The molecule has 0 saturated carbocycles. The number of amides is 1. The molecule has 0 radical (unpaired) electrons. The summed E-state index contributed by atoms with van der Waals surface area (Å²) in [6.07, 6.45) is 1.11. The van der Waals surface area contributed by atoms with Crippen molar-refractivity contribution in [1.82, 2.24) is 10.2 Å². The van der Waals surface area contributed by atoms with Crippen LogP contribution in [-0.2, 0) is 17.8 Å². The Morgan fingerprint density at radius 3 is 2.60 bits per heavy atom. The Kier molecular flexibility index (Phi) is 5.15. The highest BCUT2D eigenvalue weighted by Gasteiger charge is 2.26. The van der Waals surface area contributed by atoms with Crippen molar-refractivity contribution in [2.45, 2.75) is 32.9 Å². The molecule has 1 amide bonds. The molecule has 1 aliphatic rings. The molecule has 1 aliphatic heterocycles. The molecule has 1 heterocycles. The first-order valence-electron chi connectivity index (χ1n) is 7.38. The van der Waals surface area contributed by atoms with E-state index in [1.54, 1.807) is 0 Å². The van der Waals surface area contributed by atoms with E-state index < -0.39 is 0 Å². The molecule has 110 valence electrons. The zero-order valence-electron chi connectivity index (χ0n) is 12.4. The number of rotatable bonds is 5. The first kappa shape index (κ1) is 15.0. The zero-order valence-corrected chi connectivity index (χ0v) is 12.4. The van der Waals surface area contributed by atoms with Gasteiger partial charge in [0.25, 0.3) is 0 Å². The van der Waals surface area contributed by atoms with Gasteiger partial charge in [-0.1, -0.05) is 38.1 Å². The number of hydrogen-bond donors (Lipinski definition) is 2. The van der Waals surface area contributed by atoms with E-state index in [-0.39, 0.29) is 11.9 Å². The molecule has 3 N–H and O–H groups in total. The fourth-order valence-electron chi connectivity index (χ4n) is 2.70. The number of carbonyl (C=O) groups excluding carboxylic acids is 1. The maximum Gasteiger partial charge on any atom is 0.236 e. The molecule has 0 aromatic heterocycles. The lowest BCUT2D eigenvalue weighted by molar-refractivity contribution is -0.124. The standard InChI is InChI=1S/C16H25N3O/c1-12(2)9-13-3-5-14(6-4-13)11-19-8-7-18-10-15(19)16(17)20/h3-6,12,15,18H,7-11H2,1-2H3,(H2,17,20). The Morgan fingerprint density at radius 2 is 2.00 bits per heavy atom. The number of hydrogen-bond acceptors (Lipinski definition) is 3. The molecule has 1 aromatic carbocycles. The number of nitrogens with two attached hydrogens (primary N) is 1. The van der Waals surface area contributed by atoms with E-state index in [1.165, 1.54) is 11.1 Å². The normalized spacial score (nSPS) is 20.2. The molecule has 0 aliphatic carbocycles. The summed E-state index contributed by atoms with van der Waals surface area (Å²) in [6, 6.07) is 8.52. The van der Waals surface area contributed by atoms with Gasteiger partial charge in [0.2, 0.25) is 5.91 Å². The highest BCUT2D eigenvalue weighted by atomic mass is 16.1. The van der Waals surface area contributed by atoms with Gasteiger partial charge in [0.1, 0.15) is 6.04 Å². The van der Waals surface area contributed by atoms with Crippen molar-refractivity contribution in [3.8, 4) is 0 Å². The fraction of sp³-hybridized carbons (Fsp3) is 0.562. The van der Waals surface area contributed by atoms with E-state index in [9.17, 15) is 4.79 Å². The molecule has 4 heteroatoms. The summed E-state index contributed by atoms with van der Waals surface area (Å²) in [5.74, 6) is 0.432. The Bertz CT molecular complexity index is 442. The van der Waals surface area contributed by atoms with E-state index in [4.69, 9.17) is 5.73 Å². The van der Waals surface area contributed by atoms with Crippen molar-refractivity contribution in [3.63, 3.8) is 0 Å². The van der Waals surface area contributed by atoms with Crippen LogP contribution in [0.1, 0.15) is 25.0 Å². The van der Waals surface area contributed by atoms with Crippen LogP contribution in [0.4, 0.5) is 0 Å². The number of carbonyl (C=O) groups is 1. The number of nitrogens with zero attached hydrogens (tertiary/aromatic N) is 1. The van der Waals surface area contributed by atoms with Crippen LogP contribution < -0.4 is 11.1 Å². The van der Waals surface area contributed by atoms with E-state index in [2.05, 4.69) is 48.3 Å². The lowest BCUT2D eigenvalue weighted by Crippen LogP contribution is -2.56. The molecule has 20 heavy (non-hydrogen) atoms. The van der Waals surface area contributed by atoms with Gasteiger partial charge in [-0.05, 0) is 23.5 Å². The van der Waals surface area contributed by atoms with Gasteiger partial charge in [-0.3, -0.25) is 9.69 Å². The molecule has 1 saturated heterocycles.